The molecule has 0 aromatic carbocycles. The first kappa shape index (κ1) is 15.3. The van der Waals surface area contributed by atoms with Crippen molar-refractivity contribution in [2.24, 2.45) is 0 Å². The minimum absolute atomic E-state index is 0.0304. The Labute approximate surface area is 124 Å². The molecule has 0 aliphatic carbocycles. The van der Waals surface area contributed by atoms with Gasteiger partial charge in [0.15, 0.2) is 0 Å². The van der Waals surface area contributed by atoms with E-state index in [0.29, 0.717) is 18.7 Å². The monoisotopic (exact) mass is 290 g/mol. The highest BCUT2D eigenvalue weighted by Gasteiger charge is 2.20. The van der Waals surface area contributed by atoms with Gasteiger partial charge in [-0.1, -0.05) is 0 Å². The molecule has 0 saturated heterocycles. The molecule has 0 bridgehead atoms. The van der Waals surface area contributed by atoms with Gasteiger partial charge in [-0.2, -0.15) is 5.10 Å². The van der Waals surface area contributed by atoms with Crippen LogP contribution in [0.5, 0.6) is 0 Å². The van der Waals surface area contributed by atoms with Crippen LogP contribution in [0.15, 0.2) is 22.7 Å². The summed E-state index contributed by atoms with van der Waals surface area (Å²) in [6, 6.07) is 3.82. The smallest absolute Gasteiger partial charge is 0.257 e. The maximum atomic E-state index is 12.7. The second-order valence-electron chi connectivity index (χ2n) is 5.45. The van der Waals surface area contributed by atoms with E-state index in [2.05, 4.69) is 15.1 Å². The first-order valence-electron chi connectivity index (χ1n) is 6.96. The van der Waals surface area contributed by atoms with Gasteiger partial charge in [-0.25, -0.2) is 0 Å². The van der Waals surface area contributed by atoms with Crippen LogP contribution in [0.4, 0.5) is 0 Å². The fourth-order valence-corrected chi connectivity index (χ4v) is 2.07. The zero-order valence-corrected chi connectivity index (χ0v) is 13.0. The van der Waals surface area contributed by atoms with E-state index >= 15 is 0 Å². The van der Waals surface area contributed by atoms with Crippen molar-refractivity contribution in [3.8, 4) is 0 Å². The largest absolute Gasteiger partial charge is 0.464 e. The van der Waals surface area contributed by atoms with Crippen LogP contribution in [-0.4, -0.2) is 53.1 Å². The molecule has 0 aliphatic rings. The minimum Gasteiger partial charge on any atom is -0.464 e. The molecule has 0 spiro atoms. The van der Waals surface area contributed by atoms with Gasteiger partial charge < -0.3 is 14.2 Å². The predicted molar refractivity (Wildman–Crippen MR) is 80.1 cm³/mol. The van der Waals surface area contributed by atoms with Gasteiger partial charge in [-0.3, -0.25) is 9.89 Å². The third-order valence-corrected chi connectivity index (χ3v) is 3.31. The number of hydrogen-bond acceptors (Lipinski definition) is 4. The number of aryl methyl sites for hydroxylation is 2. The summed E-state index contributed by atoms with van der Waals surface area (Å²) in [5, 5.41) is 6.73. The van der Waals surface area contributed by atoms with Crippen LogP contribution in [0, 0.1) is 13.8 Å². The predicted octanol–water partition coefficient (Wildman–Crippen LogP) is 1.82. The lowest BCUT2D eigenvalue weighted by Gasteiger charge is -2.23. The molecule has 0 fully saturated rings. The molecular formula is C15H22N4O2. The van der Waals surface area contributed by atoms with E-state index in [4.69, 9.17) is 4.42 Å². The molecule has 0 aliphatic heterocycles. The van der Waals surface area contributed by atoms with Gasteiger partial charge in [0.2, 0.25) is 0 Å². The van der Waals surface area contributed by atoms with Crippen molar-refractivity contribution in [3.63, 3.8) is 0 Å². The van der Waals surface area contributed by atoms with Crippen molar-refractivity contribution in [1.29, 1.82) is 0 Å². The Hall–Kier alpha value is -2.08. The fourth-order valence-electron chi connectivity index (χ4n) is 2.07. The number of amides is 1. The zero-order chi connectivity index (χ0) is 15.4. The Morgan fingerprint density at radius 3 is 2.57 bits per heavy atom. The lowest BCUT2D eigenvalue weighted by atomic mass is 10.2. The molecule has 0 saturated carbocycles. The summed E-state index contributed by atoms with van der Waals surface area (Å²) in [6.45, 7) is 5.64. The normalized spacial score (nSPS) is 11.1. The van der Waals surface area contributed by atoms with Gasteiger partial charge in [0, 0.05) is 18.8 Å². The molecule has 2 aromatic heterocycles. The summed E-state index contributed by atoms with van der Waals surface area (Å²) >= 11 is 0. The Balaban J connectivity index is 2.15. The van der Waals surface area contributed by atoms with Gasteiger partial charge in [-0.05, 0) is 40.1 Å². The van der Waals surface area contributed by atoms with Crippen LogP contribution in [-0.2, 0) is 6.54 Å². The highest BCUT2D eigenvalue weighted by Crippen LogP contribution is 2.14. The first-order chi connectivity index (χ1) is 9.97. The number of carbonyl (C=O) groups excluding carboxylic acids is 1. The van der Waals surface area contributed by atoms with Crippen molar-refractivity contribution in [2.45, 2.75) is 20.4 Å². The van der Waals surface area contributed by atoms with E-state index < -0.39 is 0 Å². The average Bonchev–Trinajstić information content (AvgIpc) is 3.02. The van der Waals surface area contributed by atoms with Crippen LogP contribution in [0.1, 0.15) is 27.6 Å². The van der Waals surface area contributed by atoms with E-state index in [0.717, 1.165) is 23.8 Å². The summed E-state index contributed by atoms with van der Waals surface area (Å²) in [4.78, 5) is 16.5. The quantitative estimate of drug-likeness (QED) is 0.881. The minimum atomic E-state index is -0.0304. The highest BCUT2D eigenvalue weighted by atomic mass is 16.3. The Kier molecular flexibility index (Phi) is 4.80. The standard InChI is InChI=1S/C15H22N4O2/c1-11-5-6-13(21-11)10-19(8-7-18(3)4)15(20)14-9-16-17-12(14)2/h5-6,9H,7-8,10H2,1-4H3,(H,16,17). The Morgan fingerprint density at radius 2 is 2.05 bits per heavy atom. The topological polar surface area (TPSA) is 65.4 Å². The fraction of sp³-hybridized carbons (Fsp3) is 0.467. The van der Waals surface area contributed by atoms with Crippen molar-refractivity contribution < 1.29 is 9.21 Å². The molecule has 0 atom stereocenters. The van der Waals surface area contributed by atoms with Gasteiger partial charge in [-0.15, -0.1) is 0 Å². The molecular weight excluding hydrogens is 268 g/mol. The SMILES string of the molecule is Cc1ccc(CN(CCN(C)C)C(=O)c2cn[nH]c2C)o1. The molecule has 21 heavy (non-hydrogen) atoms. The summed E-state index contributed by atoms with van der Waals surface area (Å²) in [7, 11) is 3.98. The lowest BCUT2D eigenvalue weighted by Crippen LogP contribution is -2.36. The summed E-state index contributed by atoms with van der Waals surface area (Å²) in [5.41, 5.74) is 1.39. The van der Waals surface area contributed by atoms with Crippen LogP contribution >= 0.6 is 0 Å². The van der Waals surface area contributed by atoms with Crippen LogP contribution in [0.3, 0.4) is 0 Å². The maximum Gasteiger partial charge on any atom is 0.257 e. The summed E-state index contributed by atoms with van der Waals surface area (Å²) < 4.78 is 5.59. The van der Waals surface area contributed by atoms with E-state index in [1.807, 2.05) is 40.1 Å². The average molecular weight is 290 g/mol. The van der Waals surface area contributed by atoms with Gasteiger partial charge in [0.1, 0.15) is 11.5 Å². The number of H-pyrrole nitrogens is 1. The number of furan rings is 1. The lowest BCUT2D eigenvalue weighted by molar-refractivity contribution is 0.0718. The van der Waals surface area contributed by atoms with E-state index in [9.17, 15) is 4.79 Å². The van der Waals surface area contributed by atoms with Gasteiger partial charge in [0.05, 0.1) is 18.3 Å². The second kappa shape index (κ2) is 6.58. The molecule has 2 aromatic rings. The third kappa shape index (κ3) is 3.95. The maximum absolute atomic E-state index is 12.7. The number of aromatic nitrogens is 2. The van der Waals surface area contributed by atoms with Crippen molar-refractivity contribution in [3.05, 3.63) is 41.1 Å². The highest BCUT2D eigenvalue weighted by molar-refractivity contribution is 5.94. The summed E-state index contributed by atoms with van der Waals surface area (Å²) in [6.07, 6.45) is 1.58. The number of likely N-dealkylation sites (N-methyl/N-ethyl adjacent to an activating group) is 1. The second-order valence-corrected chi connectivity index (χ2v) is 5.45. The van der Waals surface area contributed by atoms with E-state index in [1.54, 1.807) is 11.1 Å². The number of aromatic amines is 1. The first-order valence-corrected chi connectivity index (χ1v) is 6.96. The van der Waals surface area contributed by atoms with Crippen LogP contribution in [0.2, 0.25) is 0 Å². The van der Waals surface area contributed by atoms with Crippen LogP contribution in [0.25, 0.3) is 0 Å². The van der Waals surface area contributed by atoms with Crippen molar-refractivity contribution in [1.82, 2.24) is 20.0 Å². The van der Waals surface area contributed by atoms with Crippen molar-refractivity contribution >= 4 is 5.91 Å². The Morgan fingerprint density at radius 1 is 1.29 bits per heavy atom. The third-order valence-electron chi connectivity index (χ3n) is 3.31. The molecule has 1 N–H and O–H groups in total. The molecule has 6 nitrogen and oxygen atoms in total. The number of carbonyl (C=O) groups is 1. The molecule has 0 unspecified atom stereocenters. The molecule has 0 radical (unpaired) electrons. The van der Waals surface area contributed by atoms with Gasteiger partial charge >= 0.3 is 0 Å². The number of hydrogen-bond donors (Lipinski definition) is 1. The van der Waals surface area contributed by atoms with Crippen LogP contribution < -0.4 is 0 Å². The number of rotatable bonds is 6. The number of nitrogens with one attached hydrogen (secondary N) is 1. The Bertz CT molecular complexity index is 600. The summed E-state index contributed by atoms with van der Waals surface area (Å²) in [5.74, 6) is 1.61. The number of nitrogens with zero attached hydrogens (tertiary/aromatic N) is 3. The zero-order valence-electron chi connectivity index (χ0n) is 13.0. The van der Waals surface area contributed by atoms with E-state index in [-0.39, 0.29) is 5.91 Å². The van der Waals surface area contributed by atoms with Crippen molar-refractivity contribution in [2.75, 3.05) is 27.2 Å². The van der Waals surface area contributed by atoms with E-state index in [1.165, 1.54) is 0 Å². The molecule has 2 heterocycles. The molecule has 1 amide bonds. The molecule has 2 rings (SSSR count). The van der Waals surface area contributed by atoms with Gasteiger partial charge in [0.25, 0.3) is 5.91 Å². The molecule has 114 valence electrons. The molecule has 6 heteroatoms.